The third-order valence-electron chi connectivity index (χ3n) is 4.66. The fourth-order valence-electron chi connectivity index (χ4n) is 3.10. The topological polar surface area (TPSA) is 71.8 Å². The maximum atomic E-state index is 12.7. The predicted octanol–water partition coefficient (Wildman–Crippen LogP) is 4.46. The first kappa shape index (κ1) is 22.6. The molecule has 2 aromatic heterocycles. The fraction of sp³-hybridized carbons (Fsp3) is 0.286. The van der Waals surface area contributed by atoms with Crippen molar-refractivity contribution < 1.29 is 18.0 Å². The number of carbonyl (C=O) groups is 1. The number of anilines is 1. The van der Waals surface area contributed by atoms with Crippen molar-refractivity contribution in [2.45, 2.75) is 26.6 Å². The number of pyridine rings is 1. The van der Waals surface area contributed by atoms with Gasteiger partial charge in [0.15, 0.2) is 0 Å². The van der Waals surface area contributed by atoms with E-state index >= 15 is 0 Å². The molecule has 0 aliphatic heterocycles. The highest BCUT2D eigenvalue weighted by Gasteiger charge is 2.31. The second kappa shape index (κ2) is 9.38. The van der Waals surface area contributed by atoms with Crippen LogP contribution in [0.15, 0.2) is 42.6 Å². The fourth-order valence-corrected chi connectivity index (χ4v) is 3.34. The summed E-state index contributed by atoms with van der Waals surface area (Å²) in [7, 11) is 0. The summed E-state index contributed by atoms with van der Waals surface area (Å²) in [6.07, 6.45) is -3.80. The minimum absolute atomic E-state index is 0.118. The van der Waals surface area contributed by atoms with Crippen molar-refractivity contribution in [3.05, 3.63) is 75.7 Å². The number of nitrogens with zero attached hydrogens (tertiary/aromatic N) is 3. The Morgan fingerprint density at radius 2 is 1.87 bits per heavy atom. The quantitative estimate of drug-likeness (QED) is 0.520. The Labute approximate surface area is 182 Å². The lowest BCUT2D eigenvalue weighted by Crippen LogP contribution is -2.29. The maximum Gasteiger partial charge on any atom is 0.417 e. The van der Waals surface area contributed by atoms with E-state index in [1.165, 1.54) is 0 Å². The molecule has 1 aromatic carbocycles. The molecule has 0 saturated carbocycles. The monoisotopic (exact) mass is 451 g/mol. The van der Waals surface area contributed by atoms with Crippen LogP contribution in [0.2, 0.25) is 5.02 Å². The molecule has 0 saturated heterocycles. The summed E-state index contributed by atoms with van der Waals surface area (Å²) in [4.78, 5) is 16.3. The minimum Gasteiger partial charge on any atom is -0.367 e. The predicted molar refractivity (Wildman–Crippen MR) is 112 cm³/mol. The number of aryl methyl sites for hydroxylation is 1. The first-order chi connectivity index (χ1) is 14.7. The van der Waals surface area contributed by atoms with E-state index in [1.54, 1.807) is 11.6 Å². The Hall–Kier alpha value is -3.07. The molecule has 0 bridgehead atoms. The van der Waals surface area contributed by atoms with E-state index in [1.807, 2.05) is 37.3 Å². The summed E-state index contributed by atoms with van der Waals surface area (Å²) < 4.78 is 39.8. The highest BCUT2D eigenvalue weighted by molar-refractivity contribution is 6.32. The lowest BCUT2D eigenvalue weighted by atomic mass is 10.1. The van der Waals surface area contributed by atoms with Crippen LogP contribution in [0, 0.1) is 13.8 Å². The molecule has 2 N–H and O–H groups in total. The van der Waals surface area contributed by atoms with Crippen molar-refractivity contribution in [1.29, 1.82) is 0 Å². The molecule has 0 atom stereocenters. The van der Waals surface area contributed by atoms with Gasteiger partial charge in [0.25, 0.3) is 5.91 Å². The van der Waals surface area contributed by atoms with Gasteiger partial charge < -0.3 is 10.6 Å². The summed E-state index contributed by atoms with van der Waals surface area (Å²) in [5.74, 6) is -0.158. The van der Waals surface area contributed by atoms with E-state index in [-0.39, 0.29) is 29.8 Å². The van der Waals surface area contributed by atoms with Crippen LogP contribution in [0.1, 0.15) is 32.9 Å². The van der Waals surface area contributed by atoms with Gasteiger partial charge in [-0.1, -0.05) is 41.9 Å². The molecular formula is C21H21ClF3N5O. The van der Waals surface area contributed by atoms with Gasteiger partial charge in [-0.25, -0.2) is 4.98 Å². The Morgan fingerprint density at radius 1 is 1.16 bits per heavy atom. The number of halogens is 4. The van der Waals surface area contributed by atoms with Crippen LogP contribution in [0.5, 0.6) is 0 Å². The minimum atomic E-state index is -4.51. The summed E-state index contributed by atoms with van der Waals surface area (Å²) >= 11 is 5.86. The van der Waals surface area contributed by atoms with Crippen molar-refractivity contribution in [3.8, 4) is 0 Å². The molecule has 0 spiro atoms. The SMILES string of the molecule is Cc1nn(Cc2ccccc2)c(C)c1C(=O)NCCNc1ncc(C(F)(F)F)cc1Cl. The van der Waals surface area contributed by atoms with Crippen LogP contribution < -0.4 is 10.6 Å². The maximum absolute atomic E-state index is 12.7. The highest BCUT2D eigenvalue weighted by atomic mass is 35.5. The molecule has 2 heterocycles. The van der Waals surface area contributed by atoms with Crippen molar-refractivity contribution in [3.63, 3.8) is 0 Å². The average molecular weight is 452 g/mol. The lowest BCUT2D eigenvalue weighted by Gasteiger charge is -2.11. The third-order valence-corrected chi connectivity index (χ3v) is 4.94. The molecule has 164 valence electrons. The molecule has 6 nitrogen and oxygen atoms in total. The van der Waals surface area contributed by atoms with E-state index in [0.717, 1.165) is 17.3 Å². The molecule has 0 unspecified atom stereocenters. The second-order valence-electron chi connectivity index (χ2n) is 6.92. The number of amides is 1. The zero-order valence-corrected chi connectivity index (χ0v) is 17.7. The van der Waals surface area contributed by atoms with Gasteiger partial charge in [0.05, 0.1) is 28.4 Å². The Kier molecular flexibility index (Phi) is 6.84. The molecule has 10 heteroatoms. The van der Waals surface area contributed by atoms with Gasteiger partial charge in [-0.15, -0.1) is 0 Å². The normalized spacial score (nSPS) is 11.4. The summed E-state index contributed by atoms with van der Waals surface area (Å²) in [5, 5.41) is 9.92. The number of nitrogens with one attached hydrogen (secondary N) is 2. The van der Waals surface area contributed by atoms with Crippen molar-refractivity contribution >= 4 is 23.3 Å². The van der Waals surface area contributed by atoms with Crippen LogP contribution in [0.25, 0.3) is 0 Å². The number of hydrogen-bond acceptors (Lipinski definition) is 4. The first-order valence-corrected chi connectivity index (χ1v) is 9.87. The van der Waals surface area contributed by atoms with Gasteiger partial charge in [-0.05, 0) is 25.5 Å². The van der Waals surface area contributed by atoms with Crippen LogP contribution in [0.3, 0.4) is 0 Å². The van der Waals surface area contributed by atoms with Gasteiger partial charge in [0.2, 0.25) is 0 Å². The van der Waals surface area contributed by atoms with E-state index in [4.69, 9.17) is 11.6 Å². The van der Waals surface area contributed by atoms with Crippen LogP contribution in [-0.4, -0.2) is 33.8 Å². The first-order valence-electron chi connectivity index (χ1n) is 9.49. The van der Waals surface area contributed by atoms with Crippen molar-refractivity contribution in [2.24, 2.45) is 0 Å². The van der Waals surface area contributed by atoms with Gasteiger partial charge in [0.1, 0.15) is 5.82 Å². The van der Waals surface area contributed by atoms with Crippen LogP contribution in [0.4, 0.5) is 19.0 Å². The molecule has 3 aromatic rings. The summed E-state index contributed by atoms with van der Waals surface area (Å²) in [6, 6.07) is 10.6. The standard InChI is InChI=1S/C21H21ClF3N5O/c1-13-18(14(2)30(29-13)12-15-6-4-3-5-7-15)20(31)27-9-8-26-19-17(22)10-16(11-28-19)21(23,24)25/h3-7,10-11H,8-9,12H2,1-2H3,(H,26,28)(H,27,31). The van der Waals surface area contributed by atoms with Gasteiger partial charge in [0, 0.05) is 25.0 Å². The number of aromatic nitrogens is 3. The number of benzene rings is 1. The van der Waals surface area contributed by atoms with Gasteiger partial charge in [-0.2, -0.15) is 18.3 Å². The van der Waals surface area contributed by atoms with Crippen LogP contribution in [-0.2, 0) is 12.7 Å². The number of rotatable bonds is 7. The molecule has 0 aliphatic carbocycles. The summed E-state index contributed by atoms with van der Waals surface area (Å²) in [6.45, 7) is 4.62. The van der Waals surface area contributed by atoms with E-state index in [0.29, 0.717) is 24.0 Å². The molecule has 1 amide bonds. The number of alkyl halides is 3. The van der Waals surface area contributed by atoms with E-state index < -0.39 is 11.7 Å². The zero-order valence-electron chi connectivity index (χ0n) is 16.9. The van der Waals surface area contributed by atoms with Gasteiger partial charge >= 0.3 is 6.18 Å². The zero-order chi connectivity index (χ0) is 22.6. The second-order valence-corrected chi connectivity index (χ2v) is 7.33. The molecular weight excluding hydrogens is 431 g/mol. The molecule has 3 rings (SSSR count). The van der Waals surface area contributed by atoms with Gasteiger partial charge in [-0.3, -0.25) is 9.48 Å². The Bertz CT molecular complexity index is 1070. The lowest BCUT2D eigenvalue weighted by molar-refractivity contribution is -0.137. The Balaban J connectivity index is 1.57. The third kappa shape index (κ3) is 5.55. The number of hydrogen-bond donors (Lipinski definition) is 2. The number of carbonyl (C=O) groups excluding carboxylic acids is 1. The highest BCUT2D eigenvalue weighted by Crippen LogP contribution is 2.32. The van der Waals surface area contributed by atoms with Crippen molar-refractivity contribution in [1.82, 2.24) is 20.1 Å². The molecule has 0 fully saturated rings. The molecule has 0 radical (unpaired) electrons. The summed E-state index contributed by atoms with van der Waals surface area (Å²) in [5.41, 5.74) is 2.02. The van der Waals surface area contributed by atoms with E-state index in [2.05, 4.69) is 20.7 Å². The average Bonchev–Trinajstić information content (AvgIpc) is 2.99. The smallest absolute Gasteiger partial charge is 0.367 e. The molecule has 31 heavy (non-hydrogen) atoms. The largest absolute Gasteiger partial charge is 0.417 e. The Morgan fingerprint density at radius 3 is 2.52 bits per heavy atom. The van der Waals surface area contributed by atoms with E-state index in [9.17, 15) is 18.0 Å². The van der Waals surface area contributed by atoms with Crippen molar-refractivity contribution in [2.75, 3.05) is 18.4 Å². The molecule has 0 aliphatic rings. The van der Waals surface area contributed by atoms with Crippen LogP contribution >= 0.6 is 11.6 Å².